The first kappa shape index (κ1) is 24.9. The first-order valence-electron chi connectivity index (χ1n) is 9.74. The molecule has 0 aliphatic carbocycles. The quantitative estimate of drug-likeness (QED) is 0.474. The Labute approximate surface area is 196 Å². The summed E-state index contributed by atoms with van der Waals surface area (Å²) in [4.78, 5) is 21.3. The van der Waals surface area contributed by atoms with Crippen molar-refractivity contribution < 1.29 is 44.6 Å². The zero-order chi connectivity index (χ0) is 25.6. The fraction of sp³-hybridized carbons (Fsp3) is 0.353. The van der Waals surface area contributed by atoms with E-state index in [-0.39, 0.29) is 37.8 Å². The van der Waals surface area contributed by atoms with E-state index in [0.29, 0.717) is 5.69 Å². The molecule has 2 aliphatic rings. The number of nitrogens with zero attached hydrogens (tertiary/aromatic N) is 4. The van der Waals surface area contributed by atoms with Crippen LogP contribution in [0.4, 0.5) is 24.8 Å². The molecule has 1 atom stereocenters. The summed E-state index contributed by atoms with van der Waals surface area (Å²) in [5, 5.41) is 9.70. The van der Waals surface area contributed by atoms with Gasteiger partial charge in [-0.3, -0.25) is 14.5 Å². The number of piperazine rings is 1. The lowest BCUT2D eigenvalue weighted by atomic mass is 10.2. The zero-order valence-corrected chi connectivity index (χ0v) is 19.1. The number of carboxylic acids is 1. The highest BCUT2D eigenvalue weighted by Gasteiger charge is 2.41. The van der Waals surface area contributed by atoms with Gasteiger partial charge in [0.25, 0.3) is 0 Å². The van der Waals surface area contributed by atoms with Crippen molar-refractivity contribution >= 4 is 37.8 Å². The molecule has 3 heterocycles. The van der Waals surface area contributed by atoms with Gasteiger partial charge in [-0.05, 0) is 24.3 Å². The third-order valence-corrected chi connectivity index (χ3v) is 8.01. The third-order valence-electron chi connectivity index (χ3n) is 5.10. The molecule has 190 valence electrons. The molecule has 0 amide bonds. The minimum Gasteiger partial charge on any atom is -0.480 e. The van der Waals surface area contributed by atoms with Crippen molar-refractivity contribution in [1.82, 2.24) is 19.0 Å². The molecule has 0 saturated carbocycles. The van der Waals surface area contributed by atoms with Gasteiger partial charge in [0.15, 0.2) is 5.82 Å². The monoisotopic (exact) mass is 538 g/mol. The summed E-state index contributed by atoms with van der Waals surface area (Å²) in [5.41, 5.74) is 0.317. The molecule has 3 N–H and O–H groups in total. The summed E-state index contributed by atoms with van der Waals surface area (Å²) in [5.74, 6) is -2.01. The number of carboxylic acid groups (broad SMARTS) is 1. The summed E-state index contributed by atoms with van der Waals surface area (Å²) in [7, 11) is -8.21. The number of ether oxygens (including phenoxy) is 1. The molecule has 0 unspecified atom stereocenters. The van der Waals surface area contributed by atoms with Crippen LogP contribution in [-0.2, 0) is 31.6 Å². The molecule has 0 radical (unpaired) electrons. The standard InChI is InChI=1S/C17H17F3N6O7S2/c18-17(19,20)33-10-1-3-11(4-2-10)34(29,30)26-6-5-25(9-13(26)16(27)28)14-8-21-12-7-22-35(31,32)24-15(12)23-14/h1-4,8,13,22H,5-7,9H2,(H,23,24)(H,27,28)/t13-/m1/s1. The van der Waals surface area contributed by atoms with Crippen molar-refractivity contribution in [3.8, 4) is 5.75 Å². The molecule has 1 fully saturated rings. The molecule has 2 aromatic rings. The highest BCUT2D eigenvalue weighted by Crippen LogP contribution is 2.28. The van der Waals surface area contributed by atoms with E-state index in [1.807, 2.05) is 0 Å². The molecule has 0 bridgehead atoms. The van der Waals surface area contributed by atoms with Gasteiger partial charge in [0.1, 0.15) is 17.6 Å². The first-order valence-corrected chi connectivity index (χ1v) is 12.7. The summed E-state index contributed by atoms with van der Waals surface area (Å²) in [6.45, 7) is -0.750. The van der Waals surface area contributed by atoms with Gasteiger partial charge in [-0.2, -0.15) is 17.4 Å². The van der Waals surface area contributed by atoms with Crippen LogP contribution in [0.25, 0.3) is 0 Å². The fourth-order valence-corrected chi connectivity index (χ4v) is 5.89. The van der Waals surface area contributed by atoms with Gasteiger partial charge in [0.2, 0.25) is 10.0 Å². The SMILES string of the molecule is O=C(O)[C@H]1CN(c2cnc3c(n2)NS(=O)(=O)NC3)CCN1S(=O)(=O)c1ccc(OC(F)(F)F)cc1. The second-order valence-electron chi connectivity index (χ2n) is 7.39. The lowest BCUT2D eigenvalue weighted by Crippen LogP contribution is -2.58. The van der Waals surface area contributed by atoms with Gasteiger partial charge < -0.3 is 14.7 Å². The van der Waals surface area contributed by atoms with Crippen LogP contribution in [0.3, 0.4) is 0 Å². The van der Waals surface area contributed by atoms with Crippen LogP contribution >= 0.6 is 0 Å². The van der Waals surface area contributed by atoms with Crippen LogP contribution in [0.1, 0.15) is 5.69 Å². The molecule has 18 heteroatoms. The molecule has 4 rings (SSSR count). The number of aliphatic carboxylic acids is 1. The smallest absolute Gasteiger partial charge is 0.480 e. The van der Waals surface area contributed by atoms with E-state index >= 15 is 0 Å². The largest absolute Gasteiger partial charge is 0.573 e. The molecule has 1 saturated heterocycles. The molecule has 0 spiro atoms. The van der Waals surface area contributed by atoms with Gasteiger partial charge in [-0.25, -0.2) is 13.4 Å². The number of hydrogen-bond acceptors (Lipinski definition) is 9. The predicted molar refractivity (Wildman–Crippen MR) is 112 cm³/mol. The van der Waals surface area contributed by atoms with Crippen LogP contribution in [-0.4, -0.2) is 74.2 Å². The van der Waals surface area contributed by atoms with E-state index in [2.05, 4.69) is 24.1 Å². The molecule has 2 aliphatic heterocycles. The molecular weight excluding hydrogens is 521 g/mol. The fourth-order valence-electron chi connectivity index (χ4n) is 3.51. The van der Waals surface area contributed by atoms with Crippen LogP contribution in [0.5, 0.6) is 5.75 Å². The van der Waals surface area contributed by atoms with Crippen LogP contribution in [0, 0.1) is 0 Å². The topological polar surface area (TPSA) is 171 Å². The summed E-state index contributed by atoms with van der Waals surface area (Å²) in [6.07, 6.45) is -3.65. The van der Waals surface area contributed by atoms with Crippen LogP contribution < -0.4 is 19.1 Å². The van der Waals surface area contributed by atoms with E-state index in [0.717, 1.165) is 28.6 Å². The number of hydrogen-bond donors (Lipinski definition) is 3. The van der Waals surface area contributed by atoms with Crippen LogP contribution in [0.2, 0.25) is 0 Å². The van der Waals surface area contributed by atoms with Crippen LogP contribution in [0.15, 0.2) is 35.4 Å². The number of sulfonamides is 1. The van der Waals surface area contributed by atoms with E-state index in [4.69, 9.17) is 0 Å². The highest BCUT2D eigenvalue weighted by molar-refractivity contribution is 7.90. The molecule has 13 nitrogen and oxygen atoms in total. The van der Waals surface area contributed by atoms with Gasteiger partial charge in [0.05, 0.1) is 23.3 Å². The van der Waals surface area contributed by atoms with Crippen molar-refractivity contribution in [2.45, 2.75) is 23.8 Å². The molecule has 35 heavy (non-hydrogen) atoms. The lowest BCUT2D eigenvalue weighted by molar-refractivity contribution is -0.274. The van der Waals surface area contributed by atoms with E-state index in [1.165, 1.54) is 11.1 Å². The number of fused-ring (bicyclic) bond motifs is 1. The van der Waals surface area contributed by atoms with Crippen molar-refractivity contribution in [2.24, 2.45) is 0 Å². The maximum absolute atomic E-state index is 13.1. The van der Waals surface area contributed by atoms with Gasteiger partial charge in [-0.1, -0.05) is 0 Å². The Bertz CT molecular complexity index is 1350. The van der Waals surface area contributed by atoms with E-state index in [9.17, 15) is 39.9 Å². The normalized spacial score (nSPS) is 20.5. The number of nitrogens with one attached hydrogen (secondary N) is 2. The Morgan fingerprint density at radius 2 is 1.89 bits per heavy atom. The minimum atomic E-state index is -4.96. The Kier molecular flexibility index (Phi) is 6.24. The van der Waals surface area contributed by atoms with Gasteiger partial charge in [-0.15, -0.1) is 13.2 Å². The number of carbonyl (C=O) groups is 1. The van der Waals surface area contributed by atoms with Crippen molar-refractivity contribution in [1.29, 1.82) is 0 Å². The Hall–Kier alpha value is -3.22. The number of anilines is 2. The maximum atomic E-state index is 13.1. The molecule has 1 aromatic heterocycles. The van der Waals surface area contributed by atoms with Crippen molar-refractivity contribution in [2.75, 3.05) is 29.3 Å². The average molecular weight is 538 g/mol. The number of alkyl halides is 3. The molecular formula is C17H17F3N6O7S2. The Balaban J connectivity index is 1.56. The van der Waals surface area contributed by atoms with Gasteiger partial charge >= 0.3 is 22.5 Å². The number of benzene rings is 1. The zero-order valence-electron chi connectivity index (χ0n) is 17.4. The maximum Gasteiger partial charge on any atom is 0.573 e. The lowest BCUT2D eigenvalue weighted by Gasteiger charge is -2.39. The van der Waals surface area contributed by atoms with Crippen molar-refractivity contribution in [3.63, 3.8) is 0 Å². The highest BCUT2D eigenvalue weighted by atomic mass is 32.2. The number of aromatic nitrogens is 2. The second kappa shape index (κ2) is 8.77. The van der Waals surface area contributed by atoms with E-state index < -0.39 is 49.3 Å². The molecule has 1 aromatic carbocycles. The second-order valence-corrected chi connectivity index (χ2v) is 10.8. The van der Waals surface area contributed by atoms with E-state index in [1.54, 1.807) is 0 Å². The van der Waals surface area contributed by atoms with Crippen molar-refractivity contribution in [3.05, 3.63) is 36.2 Å². The predicted octanol–water partition coefficient (Wildman–Crippen LogP) is 0.0992. The number of rotatable bonds is 5. The third kappa shape index (κ3) is 5.39. The minimum absolute atomic E-state index is 0.0171. The van der Waals surface area contributed by atoms with Gasteiger partial charge in [0, 0.05) is 19.6 Å². The summed E-state index contributed by atoms with van der Waals surface area (Å²) >= 11 is 0. The Morgan fingerprint density at radius 3 is 2.51 bits per heavy atom. The summed E-state index contributed by atoms with van der Waals surface area (Å²) in [6, 6.07) is 1.82. The first-order chi connectivity index (χ1) is 16.2. The number of halogens is 3. The average Bonchev–Trinajstić information content (AvgIpc) is 2.76. The summed E-state index contributed by atoms with van der Waals surface area (Å²) < 4.78 is 95.4. The Morgan fingerprint density at radius 1 is 1.20 bits per heavy atom.